The number of nitrogens with zero attached hydrogens (tertiary/aromatic N) is 1. The van der Waals surface area contributed by atoms with E-state index in [-0.39, 0.29) is 11.7 Å². The molecule has 0 aliphatic rings. The van der Waals surface area contributed by atoms with Crippen molar-refractivity contribution in [2.45, 2.75) is 13.5 Å². The third kappa shape index (κ3) is 4.25. The molecule has 0 bridgehead atoms. The van der Waals surface area contributed by atoms with E-state index in [0.29, 0.717) is 34.8 Å². The Labute approximate surface area is 179 Å². The zero-order valence-corrected chi connectivity index (χ0v) is 17.1. The van der Waals surface area contributed by atoms with Gasteiger partial charge >= 0.3 is 0 Å². The van der Waals surface area contributed by atoms with E-state index in [4.69, 9.17) is 9.26 Å². The molecule has 1 amide bonds. The lowest BCUT2D eigenvalue weighted by atomic mass is 9.99. The predicted molar refractivity (Wildman–Crippen MR) is 115 cm³/mol. The number of carbonyl (C=O) groups excluding carboxylic acids is 2. The summed E-state index contributed by atoms with van der Waals surface area (Å²) in [6, 6.07) is 18.3. The Balaban J connectivity index is 1.49. The van der Waals surface area contributed by atoms with E-state index < -0.39 is 0 Å². The Morgan fingerprint density at radius 2 is 1.84 bits per heavy atom. The first-order valence-corrected chi connectivity index (χ1v) is 9.72. The minimum atomic E-state index is -0.305. The van der Waals surface area contributed by atoms with Gasteiger partial charge in [-0.15, -0.1) is 0 Å². The van der Waals surface area contributed by atoms with Gasteiger partial charge in [-0.3, -0.25) is 9.59 Å². The fraction of sp³-hybridized carbons (Fsp3) is 0.125. The molecule has 2 N–H and O–H groups in total. The van der Waals surface area contributed by atoms with E-state index in [1.165, 1.54) is 12.3 Å². The number of aromatic nitrogens is 2. The summed E-state index contributed by atoms with van der Waals surface area (Å²) in [5.74, 6) is 0.611. The molecule has 0 aliphatic heterocycles. The molecular weight excluding hydrogens is 394 g/mol. The van der Waals surface area contributed by atoms with Crippen molar-refractivity contribution >= 4 is 11.7 Å². The van der Waals surface area contributed by atoms with Crippen LogP contribution in [0.2, 0.25) is 0 Å². The normalized spacial score (nSPS) is 10.6. The summed E-state index contributed by atoms with van der Waals surface area (Å²) in [7, 11) is 1.60. The van der Waals surface area contributed by atoms with Crippen molar-refractivity contribution in [3.63, 3.8) is 0 Å². The number of benzene rings is 2. The predicted octanol–water partition coefficient (Wildman–Crippen LogP) is 4.15. The van der Waals surface area contributed by atoms with Gasteiger partial charge < -0.3 is 19.6 Å². The largest absolute Gasteiger partial charge is 0.497 e. The van der Waals surface area contributed by atoms with Crippen LogP contribution in [0.25, 0.3) is 11.3 Å². The van der Waals surface area contributed by atoms with Crippen LogP contribution in [0.3, 0.4) is 0 Å². The Kier molecular flexibility index (Phi) is 5.66. The van der Waals surface area contributed by atoms with Gasteiger partial charge in [-0.1, -0.05) is 47.6 Å². The van der Waals surface area contributed by atoms with Crippen LogP contribution in [0.15, 0.2) is 71.4 Å². The lowest BCUT2D eigenvalue weighted by Crippen LogP contribution is -2.23. The molecule has 2 heterocycles. The van der Waals surface area contributed by atoms with Gasteiger partial charge in [0.05, 0.1) is 12.7 Å². The maximum absolute atomic E-state index is 13.1. The molecule has 0 aliphatic carbocycles. The van der Waals surface area contributed by atoms with Gasteiger partial charge in [0.2, 0.25) is 0 Å². The highest BCUT2D eigenvalue weighted by atomic mass is 16.5. The van der Waals surface area contributed by atoms with Crippen LogP contribution in [-0.4, -0.2) is 28.9 Å². The second-order valence-corrected chi connectivity index (χ2v) is 6.99. The zero-order valence-electron chi connectivity index (χ0n) is 17.1. The van der Waals surface area contributed by atoms with Gasteiger partial charge in [-0.25, -0.2) is 0 Å². The molecule has 156 valence electrons. The maximum Gasteiger partial charge on any atom is 0.267 e. The molecular formula is C24H21N3O4. The minimum Gasteiger partial charge on any atom is -0.497 e. The molecule has 2 aromatic heterocycles. The Bertz CT molecular complexity index is 1210. The van der Waals surface area contributed by atoms with Crippen molar-refractivity contribution in [3.05, 3.63) is 95.0 Å². The molecule has 0 unspecified atom stereocenters. The molecule has 4 aromatic rings. The molecule has 0 saturated carbocycles. The summed E-state index contributed by atoms with van der Waals surface area (Å²) in [4.78, 5) is 28.5. The van der Waals surface area contributed by atoms with Crippen LogP contribution < -0.4 is 10.1 Å². The number of amides is 1. The van der Waals surface area contributed by atoms with E-state index in [1.54, 1.807) is 14.0 Å². The summed E-state index contributed by atoms with van der Waals surface area (Å²) >= 11 is 0. The molecule has 2 aromatic carbocycles. The highest BCUT2D eigenvalue weighted by Gasteiger charge is 2.24. The molecule has 0 fully saturated rings. The second-order valence-electron chi connectivity index (χ2n) is 6.99. The molecule has 0 radical (unpaired) electrons. The molecule has 7 nitrogen and oxygen atoms in total. The topological polar surface area (TPSA) is 97.2 Å². The standard InChI is InChI=1S/C24H21N3O4/c1-15-21(22(27-31-15)17-6-4-3-5-7-17)23(28)18-12-20(25-14-18)24(29)26-13-16-8-10-19(30-2)11-9-16/h3-12,14,25H,13H2,1-2H3,(H,26,29). The summed E-state index contributed by atoms with van der Waals surface area (Å²) in [6.45, 7) is 2.05. The van der Waals surface area contributed by atoms with E-state index >= 15 is 0 Å². The van der Waals surface area contributed by atoms with Crippen molar-refractivity contribution in [1.82, 2.24) is 15.5 Å². The quantitative estimate of drug-likeness (QED) is 0.442. The van der Waals surface area contributed by atoms with Crippen LogP contribution in [-0.2, 0) is 6.54 Å². The monoisotopic (exact) mass is 415 g/mol. The molecule has 0 spiro atoms. The maximum atomic E-state index is 13.1. The Morgan fingerprint density at radius 1 is 1.10 bits per heavy atom. The molecule has 0 atom stereocenters. The van der Waals surface area contributed by atoms with Crippen molar-refractivity contribution < 1.29 is 18.8 Å². The fourth-order valence-corrected chi connectivity index (χ4v) is 3.25. The number of aromatic amines is 1. The van der Waals surface area contributed by atoms with Crippen LogP contribution in [0.1, 0.15) is 37.7 Å². The van der Waals surface area contributed by atoms with Crippen LogP contribution in [0.4, 0.5) is 0 Å². The second kappa shape index (κ2) is 8.71. The molecule has 31 heavy (non-hydrogen) atoms. The van der Waals surface area contributed by atoms with Gasteiger partial charge in [0.1, 0.15) is 22.9 Å². The van der Waals surface area contributed by atoms with Gasteiger partial charge in [0.25, 0.3) is 5.91 Å². The molecule has 7 heteroatoms. The number of aryl methyl sites for hydroxylation is 1. The van der Waals surface area contributed by atoms with Gasteiger partial charge in [0.15, 0.2) is 5.78 Å². The molecule has 4 rings (SSSR count). The average Bonchev–Trinajstić information content (AvgIpc) is 3.45. The fourth-order valence-electron chi connectivity index (χ4n) is 3.25. The third-order valence-corrected chi connectivity index (χ3v) is 4.94. The number of H-pyrrole nitrogens is 1. The first-order chi connectivity index (χ1) is 15.1. The number of carbonyl (C=O) groups is 2. The van der Waals surface area contributed by atoms with Crippen molar-refractivity contribution in [1.29, 1.82) is 0 Å². The summed E-state index contributed by atoms with van der Waals surface area (Å²) in [5.41, 5.74) is 3.25. The van der Waals surface area contributed by atoms with Crippen LogP contribution >= 0.6 is 0 Å². The number of methoxy groups -OCH3 is 1. The third-order valence-electron chi connectivity index (χ3n) is 4.94. The first kappa shape index (κ1) is 20.2. The summed E-state index contributed by atoms with van der Waals surface area (Å²) in [5, 5.41) is 6.89. The first-order valence-electron chi connectivity index (χ1n) is 9.72. The van der Waals surface area contributed by atoms with Crippen molar-refractivity contribution in [2.24, 2.45) is 0 Å². The molecule has 0 saturated heterocycles. The summed E-state index contributed by atoms with van der Waals surface area (Å²) < 4.78 is 10.4. The highest BCUT2D eigenvalue weighted by molar-refractivity contribution is 6.13. The number of hydrogen-bond donors (Lipinski definition) is 2. The highest BCUT2D eigenvalue weighted by Crippen LogP contribution is 2.27. The van der Waals surface area contributed by atoms with E-state index in [2.05, 4.69) is 15.5 Å². The van der Waals surface area contributed by atoms with Gasteiger partial charge in [0, 0.05) is 23.9 Å². The lowest BCUT2D eigenvalue weighted by Gasteiger charge is -2.05. The SMILES string of the molecule is COc1ccc(CNC(=O)c2cc(C(=O)c3c(-c4ccccc4)noc3C)c[nH]2)cc1. The number of hydrogen-bond acceptors (Lipinski definition) is 5. The van der Waals surface area contributed by atoms with Crippen LogP contribution in [0.5, 0.6) is 5.75 Å². The minimum absolute atomic E-state index is 0.261. The average molecular weight is 415 g/mol. The van der Waals surface area contributed by atoms with E-state index in [1.807, 2.05) is 54.6 Å². The smallest absolute Gasteiger partial charge is 0.267 e. The Morgan fingerprint density at radius 3 is 2.55 bits per heavy atom. The number of ether oxygens (including phenoxy) is 1. The number of nitrogens with one attached hydrogen (secondary N) is 2. The lowest BCUT2D eigenvalue weighted by molar-refractivity contribution is 0.0946. The summed E-state index contributed by atoms with van der Waals surface area (Å²) in [6.07, 6.45) is 1.52. The van der Waals surface area contributed by atoms with Gasteiger partial charge in [-0.05, 0) is 30.7 Å². The Hall–Kier alpha value is -4.13. The van der Waals surface area contributed by atoms with Crippen LogP contribution in [0, 0.1) is 6.92 Å². The van der Waals surface area contributed by atoms with Gasteiger partial charge in [-0.2, -0.15) is 0 Å². The van der Waals surface area contributed by atoms with E-state index in [0.717, 1.165) is 16.9 Å². The van der Waals surface area contributed by atoms with E-state index in [9.17, 15) is 9.59 Å². The van der Waals surface area contributed by atoms with Crippen molar-refractivity contribution in [2.75, 3.05) is 7.11 Å². The number of rotatable bonds is 7. The zero-order chi connectivity index (χ0) is 21.8. The number of ketones is 1. The van der Waals surface area contributed by atoms with Crippen molar-refractivity contribution in [3.8, 4) is 17.0 Å².